The van der Waals surface area contributed by atoms with Crippen LogP contribution in [0.5, 0.6) is 28.9 Å². The Morgan fingerprint density at radius 1 is 0.607 bits per heavy atom. The van der Waals surface area contributed by atoms with Gasteiger partial charge >= 0.3 is 11.9 Å². The van der Waals surface area contributed by atoms with Gasteiger partial charge in [-0.15, -0.1) is 0 Å². The van der Waals surface area contributed by atoms with Gasteiger partial charge in [0.2, 0.25) is 11.5 Å². The molecule has 4 aromatic carbocycles. The van der Waals surface area contributed by atoms with Crippen molar-refractivity contribution in [3.8, 4) is 51.7 Å². The maximum atomic E-state index is 12.8. The van der Waals surface area contributed by atoms with Crippen LogP contribution in [0, 0.1) is 13.8 Å². The maximum absolute atomic E-state index is 12.8. The molecule has 0 saturated heterocycles. The molecule has 6 aromatic rings. The number of carbonyl (C=O) groups is 2. The van der Waals surface area contributed by atoms with Crippen molar-refractivity contribution in [2.24, 2.45) is 0 Å². The number of H-pyrrole nitrogens is 1. The average Bonchev–Trinajstić information content (AvgIpc) is 3.23. The third kappa shape index (κ3) is 10.0. The molecule has 2 heterocycles. The van der Waals surface area contributed by atoms with Crippen LogP contribution in [0.4, 0.5) is 0 Å². The molecule has 0 spiro atoms. The molecular formula is C42H40N4O10. The van der Waals surface area contributed by atoms with Crippen molar-refractivity contribution in [2.45, 2.75) is 27.1 Å². The molecule has 6 rings (SSSR count). The number of benzene rings is 4. The van der Waals surface area contributed by atoms with Gasteiger partial charge in [-0.3, -0.25) is 4.79 Å². The Morgan fingerprint density at radius 3 is 1.59 bits per heavy atom. The van der Waals surface area contributed by atoms with Gasteiger partial charge < -0.3 is 38.5 Å². The van der Waals surface area contributed by atoms with E-state index in [-0.39, 0.29) is 36.4 Å². The molecule has 0 fully saturated rings. The summed E-state index contributed by atoms with van der Waals surface area (Å²) >= 11 is 0. The Bertz CT molecular complexity index is 2330. The number of ether oxygens (including phenoxy) is 6. The van der Waals surface area contributed by atoms with Gasteiger partial charge in [0.1, 0.15) is 30.5 Å². The van der Waals surface area contributed by atoms with Crippen LogP contribution >= 0.6 is 0 Å². The highest BCUT2D eigenvalue weighted by molar-refractivity contribution is 5.92. The van der Waals surface area contributed by atoms with Crippen molar-refractivity contribution in [3.63, 3.8) is 0 Å². The maximum Gasteiger partial charge on any atom is 0.360 e. The van der Waals surface area contributed by atoms with Crippen molar-refractivity contribution >= 4 is 11.9 Å². The zero-order valence-corrected chi connectivity index (χ0v) is 31.6. The molecule has 0 aliphatic heterocycles. The molecule has 0 bridgehead atoms. The first-order valence-corrected chi connectivity index (χ1v) is 17.1. The van der Waals surface area contributed by atoms with Gasteiger partial charge in [0.25, 0.3) is 11.4 Å². The van der Waals surface area contributed by atoms with Gasteiger partial charge in [-0.25, -0.2) is 19.6 Å². The van der Waals surface area contributed by atoms with E-state index in [1.165, 1.54) is 7.11 Å². The second-order valence-corrected chi connectivity index (χ2v) is 12.1. The summed E-state index contributed by atoms with van der Waals surface area (Å²) in [6.45, 7) is 4.26. The van der Waals surface area contributed by atoms with Crippen LogP contribution in [0.2, 0.25) is 0 Å². The Hall–Kier alpha value is -7.22. The Morgan fingerprint density at radius 2 is 1.09 bits per heavy atom. The summed E-state index contributed by atoms with van der Waals surface area (Å²) in [7, 11) is 5.66. The number of hydrogen-bond donors (Lipinski definition) is 2. The molecule has 0 aliphatic carbocycles. The highest BCUT2D eigenvalue weighted by atomic mass is 16.5. The minimum atomic E-state index is -0.864. The molecule has 0 aliphatic rings. The molecule has 288 valence electrons. The highest BCUT2D eigenvalue weighted by Crippen LogP contribution is 2.34. The summed E-state index contributed by atoms with van der Waals surface area (Å²) in [5.41, 5.74) is 4.04. The van der Waals surface area contributed by atoms with Crippen molar-refractivity contribution in [2.75, 3.05) is 28.4 Å². The Kier molecular flexibility index (Phi) is 13.3. The lowest BCUT2D eigenvalue weighted by molar-refractivity contribution is 0.0579. The number of nitrogens with zero attached hydrogens (tertiary/aromatic N) is 3. The Balaban J connectivity index is 0.000000265. The molecule has 2 aromatic heterocycles. The van der Waals surface area contributed by atoms with Crippen LogP contribution in [-0.2, 0) is 22.7 Å². The number of hydrogen-bond acceptors (Lipinski definition) is 13. The van der Waals surface area contributed by atoms with Crippen LogP contribution in [0.15, 0.2) is 102 Å². The van der Waals surface area contributed by atoms with E-state index in [1.54, 1.807) is 26.4 Å². The molecular weight excluding hydrogens is 720 g/mol. The minimum absolute atomic E-state index is 0.0219. The molecule has 0 amide bonds. The van der Waals surface area contributed by atoms with Gasteiger partial charge in [-0.05, 0) is 49.2 Å². The van der Waals surface area contributed by atoms with Crippen LogP contribution in [0.25, 0.3) is 22.8 Å². The summed E-state index contributed by atoms with van der Waals surface area (Å²) in [5, 5.41) is 9.51. The number of aromatic nitrogens is 4. The smallest absolute Gasteiger partial charge is 0.360 e. The van der Waals surface area contributed by atoms with Gasteiger partial charge in [-0.1, -0.05) is 83.9 Å². The molecule has 14 heteroatoms. The molecule has 56 heavy (non-hydrogen) atoms. The fraction of sp³-hybridized carbons (Fsp3) is 0.190. The lowest BCUT2D eigenvalue weighted by atomic mass is 10.1. The largest absolute Gasteiger partial charge is 0.501 e. The van der Waals surface area contributed by atoms with Crippen molar-refractivity contribution in [3.05, 3.63) is 141 Å². The van der Waals surface area contributed by atoms with E-state index in [1.807, 2.05) is 98.8 Å². The first-order chi connectivity index (χ1) is 27.0. The van der Waals surface area contributed by atoms with E-state index in [0.29, 0.717) is 11.4 Å². The van der Waals surface area contributed by atoms with Gasteiger partial charge in [0.15, 0.2) is 17.2 Å². The third-order valence-electron chi connectivity index (χ3n) is 8.20. The molecule has 0 unspecified atom stereocenters. The van der Waals surface area contributed by atoms with Crippen molar-refractivity contribution in [1.82, 2.24) is 19.9 Å². The lowest BCUT2D eigenvalue weighted by Crippen LogP contribution is -2.16. The van der Waals surface area contributed by atoms with E-state index in [0.717, 1.165) is 46.4 Å². The molecule has 0 atom stereocenters. The van der Waals surface area contributed by atoms with E-state index in [4.69, 9.17) is 23.7 Å². The third-order valence-corrected chi connectivity index (χ3v) is 8.20. The first-order valence-electron chi connectivity index (χ1n) is 17.1. The predicted molar refractivity (Wildman–Crippen MR) is 206 cm³/mol. The monoisotopic (exact) mass is 760 g/mol. The zero-order chi connectivity index (χ0) is 40.2. The fourth-order valence-electron chi connectivity index (χ4n) is 5.03. The highest BCUT2D eigenvalue weighted by Gasteiger charge is 2.25. The quantitative estimate of drug-likeness (QED) is 0.127. The van der Waals surface area contributed by atoms with Gasteiger partial charge in [0, 0.05) is 11.1 Å². The molecule has 14 nitrogen and oxygen atoms in total. The van der Waals surface area contributed by atoms with E-state index >= 15 is 0 Å². The number of rotatable bonds is 12. The number of nitrogens with one attached hydrogen (secondary N) is 1. The van der Waals surface area contributed by atoms with Gasteiger partial charge in [0.05, 0.1) is 28.4 Å². The number of carbonyl (C=O) groups excluding carboxylic acids is 2. The summed E-state index contributed by atoms with van der Waals surface area (Å²) < 4.78 is 32.1. The number of methoxy groups -OCH3 is 4. The lowest BCUT2D eigenvalue weighted by Gasteiger charge is -2.16. The number of aromatic amines is 1. The molecule has 0 saturated carbocycles. The number of aromatic hydroxyl groups is 1. The van der Waals surface area contributed by atoms with Crippen LogP contribution < -0.4 is 24.5 Å². The van der Waals surface area contributed by atoms with E-state index in [2.05, 4.69) is 24.7 Å². The SMILES string of the molecule is COC(=O)c1nc(-c2ccc(C)cc2)[nH]c(=O)c1O.COC(=O)c1nc(-c2ccc(C)cc2)nc(OCc2ccc(OC)cc2)c1OCc1ccc(OC)cc1. The average molecular weight is 761 g/mol. The second-order valence-electron chi connectivity index (χ2n) is 12.1. The zero-order valence-electron chi connectivity index (χ0n) is 31.6. The number of esters is 2. The van der Waals surface area contributed by atoms with Crippen LogP contribution in [0.3, 0.4) is 0 Å². The molecule has 0 radical (unpaired) electrons. The summed E-state index contributed by atoms with van der Waals surface area (Å²) in [4.78, 5) is 51.2. The van der Waals surface area contributed by atoms with E-state index < -0.39 is 28.9 Å². The van der Waals surface area contributed by atoms with Crippen molar-refractivity contribution < 1.29 is 43.1 Å². The normalized spacial score (nSPS) is 10.4. The Labute approximate surface area is 322 Å². The van der Waals surface area contributed by atoms with Crippen LogP contribution in [-0.4, -0.2) is 65.4 Å². The standard InChI is InChI=1S/C29H28N2O6.C13H12N2O4/c1-19-5-11-22(12-6-19)27-30-25(29(32)35-4)26(36-17-20-7-13-23(33-2)14-8-20)28(31-27)37-18-21-9-15-24(34-3)16-10-21;1-7-3-5-8(6-4-7)11-14-9(13(18)19-2)10(16)12(17)15-11/h5-16H,17-18H2,1-4H3;3-6,16H,1-2H3,(H,14,15,17). The van der Waals surface area contributed by atoms with Gasteiger partial charge in [-0.2, -0.15) is 4.98 Å². The first kappa shape index (κ1) is 40.0. The van der Waals surface area contributed by atoms with Crippen LogP contribution in [0.1, 0.15) is 43.2 Å². The van der Waals surface area contributed by atoms with E-state index in [9.17, 15) is 19.5 Å². The fourth-order valence-corrected chi connectivity index (χ4v) is 5.03. The number of aryl methyl sites for hydroxylation is 2. The summed E-state index contributed by atoms with van der Waals surface area (Å²) in [6, 6.07) is 29.7. The molecule has 2 N–H and O–H groups in total. The predicted octanol–water partition coefficient (Wildman–Crippen LogP) is 6.65. The summed E-state index contributed by atoms with van der Waals surface area (Å²) in [5.74, 6) is -0.0424. The topological polar surface area (TPSA) is 181 Å². The second kappa shape index (κ2) is 18.7. The summed E-state index contributed by atoms with van der Waals surface area (Å²) in [6.07, 6.45) is 0. The minimum Gasteiger partial charge on any atom is -0.501 e. The van der Waals surface area contributed by atoms with Crippen molar-refractivity contribution in [1.29, 1.82) is 0 Å².